The van der Waals surface area contributed by atoms with E-state index in [0.29, 0.717) is 0 Å². The fraction of sp³-hybridized carbons (Fsp3) is 0.267. The number of benzene rings is 1. The van der Waals surface area contributed by atoms with E-state index < -0.39 is 0 Å². The molecule has 0 N–H and O–H groups in total. The van der Waals surface area contributed by atoms with Crippen LogP contribution in [0.5, 0.6) is 0 Å². The number of halogens is 1. The molecule has 0 aliphatic heterocycles. The Morgan fingerprint density at radius 2 is 1.88 bits per heavy atom. The fourth-order valence-corrected chi connectivity index (χ4v) is 1.48. The van der Waals surface area contributed by atoms with Crippen LogP contribution >= 0.6 is 0 Å². The summed E-state index contributed by atoms with van der Waals surface area (Å²) < 4.78 is 13.0. The van der Waals surface area contributed by atoms with Crippen LogP contribution in [0.1, 0.15) is 33.3 Å². The third-order valence-corrected chi connectivity index (χ3v) is 2.22. The number of aliphatic imine (C=N–C) groups is 1. The molecule has 1 nitrogen and oxygen atoms in total. The highest BCUT2D eigenvalue weighted by atomic mass is 19.1. The maximum Gasteiger partial charge on any atom is 0.123 e. The monoisotopic (exact) mass is 231 g/mol. The van der Waals surface area contributed by atoms with Gasteiger partial charge in [-0.05, 0) is 51.0 Å². The van der Waals surface area contributed by atoms with Crippen LogP contribution in [-0.4, -0.2) is 5.71 Å². The van der Waals surface area contributed by atoms with Crippen molar-refractivity contribution in [3.05, 3.63) is 59.1 Å². The van der Waals surface area contributed by atoms with Crippen molar-refractivity contribution in [3.63, 3.8) is 0 Å². The zero-order valence-electron chi connectivity index (χ0n) is 10.8. The summed E-state index contributed by atoms with van der Waals surface area (Å²) in [6.07, 6.45) is 3.86. The van der Waals surface area contributed by atoms with E-state index >= 15 is 0 Å². The molecule has 1 aromatic rings. The molecule has 0 aromatic heterocycles. The van der Waals surface area contributed by atoms with Crippen LogP contribution in [0.2, 0.25) is 0 Å². The molecule has 0 amide bonds. The number of nitrogens with zero attached hydrogens (tertiary/aromatic N) is 1. The standard InChI is InChI=1S/C15H18FN/c1-11(2)8-12(3)10-17-13(4)14-6-5-7-15(16)9-14/h5-10H,1-4H3/b12-10-,17-13?. The van der Waals surface area contributed by atoms with Crippen LogP contribution in [0, 0.1) is 5.82 Å². The van der Waals surface area contributed by atoms with Gasteiger partial charge >= 0.3 is 0 Å². The highest BCUT2D eigenvalue weighted by Crippen LogP contribution is 2.07. The van der Waals surface area contributed by atoms with Gasteiger partial charge in [0.25, 0.3) is 0 Å². The first-order valence-corrected chi connectivity index (χ1v) is 5.61. The first-order chi connectivity index (χ1) is 7.99. The Hall–Kier alpha value is -1.70. The summed E-state index contributed by atoms with van der Waals surface area (Å²) in [5.74, 6) is -0.234. The van der Waals surface area contributed by atoms with Crippen LogP contribution in [0.4, 0.5) is 4.39 Å². The summed E-state index contributed by atoms with van der Waals surface area (Å²) in [5, 5.41) is 0. The molecule has 0 fully saturated rings. The van der Waals surface area contributed by atoms with Gasteiger partial charge in [-0.3, -0.25) is 4.99 Å². The predicted octanol–water partition coefficient (Wildman–Crippen LogP) is 4.50. The highest BCUT2D eigenvalue weighted by Gasteiger charge is 1.97. The van der Waals surface area contributed by atoms with Gasteiger partial charge in [-0.1, -0.05) is 23.8 Å². The largest absolute Gasteiger partial charge is 0.261 e. The molecule has 0 spiro atoms. The number of hydrogen-bond donors (Lipinski definition) is 0. The Morgan fingerprint density at radius 1 is 1.18 bits per heavy atom. The summed E-state index contributed by atoms with van der Waals surface area (Å²) >= 11 is 0. The summed E-state index contributed by atoms with van der Waals surface area (Å²) in [5.41, 5.74) is 3.94. The highest BCUT2D eigenvalue weighted by molar-refractivity contribution is 5.99. The lowest BCUT2D eigenvalue weighted by Gasteiger charge is -1.99. The third-order valence-electron chi connectivity index (χ3n) is 2.22. The van der Waals surface area contributed by atoms with Crippen LogP contribution in [0.15, 0.2) is 52.7 Å². The Morgan fingerprint density at radius 3 is 2.47 bits per heavy atom. The van der Waals surface area contributed by atoms with Gasteiger partial charge in [0.15, 0.2) is 0 Å². The van der Waals surface area contributed by atoms with Crippen molar-refractivity contribution in [2.24, 2.45) is 4.99 Å². The normalized spacial score (nSPS) is 12.5. The van der Waals surface area contributed by atoms with E-state index in [2.05, 4.69) is 11.1 Å². The minimum atomic E-state index is -0.234. The number of rotatable bonds is 3. The molecule has 1 aromatic carbocycles. The Balaban J connectivity index is 2.90. The van der Waals surface area contributed by atoms with Gasteiger partial charge in [0, 0.05) is 11.9 Å². The minimum Gasteiger partial charge on any atom is -0.261 e. The molecule has 0 aliphatic rings. The topological polar surface area (TPSA) is 12.4 Å². The second kappa shape index (κ2) is 6.14. The second-order valence-electron chi connectivity index (χ2n) is 4.32. The molecule has 0 saturated heterocycles. The zero-order chi connectivity index (χ0) is 12.8. The van der Waals surface area contributed by atoms with Gasteiger partial charge in [-0.15, -0.1) is 0 Å². The van der Waals surface area contributed by atoms with E-state index in [1.807, 2.05) is 33.8 Å². The summed E-state index contributed by atoms with van der Waals surface area (Å²) in [6.45, 7) is 7.96. The van der Waals surface area contributed by atoms with Crippen LogP contribution in [0.3, 0.4) is 0 Å². The molecule has 0 saturated carbocycles. The van der Waals surface area contributed by atoms with Crippen LogP contribution < -0.4 is 0 Å². The molecule has 0 radical (unpaired) electrons. The van der Waals surface area contributed by atoms with Crippen LogP contribution in [0.25, 0.3) is 0 Å². The fourth-order valence-electron chi connectivity index (χ4n) is 1.48. The second-order valence-corrected chi connectivity index (χ2v) is 4.32. The van der Waals surface area contributed by atoms with Crippen molar-refractivity contribution >= 4 is 5.71 Å². The van der Waals surface area contributed by atoms with Gasteiger partial charge in [0.05, 0.1) is 0 Å². The van der Waals surface area contributed by atoms with Gasteiger partial charge in [-0.25, -0.2) is 4.39 Å². The molecule has 17 heavy (non-hydrogen) atoms. The summed E-state index contributed by atoms with van der Waals surface area (Å²) in [6, 6.07) is 6.46. The number of hydrogen-bond acceptors (Lipinski definition) is 1. The molecular formula is C15H18FN. The molecule has 90 valence electrons. The Kier molecular flexibility index (Phi) is 4.83. The Bertz CT molecular complexity index is 477. The smallest absolute Gasteiger partial charge is 0.123 e. The third kappa shape index (κ3) is 4.77. The summed E-state index contributed by atoms with van der Waals surface area (Å²) in [7, 11) is 0. The lowest BCUT2D eigenvalue weighted by Crippen LogP contribution is -1.94. The van der Waals surface area contributed by atoms with Crippen molar-refractivity contribution in [2.45, 2.75) is 27.7 Å². The Labute approximate surface area is 102 Å². The van der Waals surface area contributed by atoms with E-state index in [1.54, 1.807) is 12.3 Å². The lowest BCUT2D eigenvalue weighted by atomic mass is 10.1. The van der Waals surface area contributed by atoms with E-state index in [0.717, 1.165) is 16.8 Å². The quantitative estimate of drug-likeness (QED) is 0.536. The lowest BCUT2D eigenvalue weighted by molar-refractivity contribution is 0.627. The van der Waals surface area contributed by atoms with Crippen molar-refractivity contribution in [2.75, 3.05) is 0 Å². The molecule has 0 heterocycles. The van der Waals surface area contributed by atoms with Gasteiger partial charge < -0.3 is 0 Å². The van der Waals surface area contributed by atoms with Gasteiger partial charge in [0.2, 0.25) is 0 Å². The van der Waals surface area contributed by atoms with Crippen molar-refractivity contribution in [3.8, 4) is 0 Å². The molecular weight excluding hydrogens is 213 g/mol. The van der Waals surface area contributed by atoms with Crippen molar-refractivity contribution in [1.82, 2.24) is 0 Å². The first-order valence-electron chi connectivity index (χ1n) is 5.61. The first kappa shape index (κ1) is 13.4. The average molecular weight is 231 g/mol. The molecule has 0 unspecified atom stereocenters. The number of allylic oxidation sites excluding steroid dienone is 3. The molecule has 0 atom stereocenters. The minimum absolute atomic E-state index is 0.234. The molecule has 1 rings (SSSR count). The summed E-state index contributed by atoms with van der Waals surface area (Å²) in [4.78, 5) is 4.33. The molecule has 2 heteroatoms. The van der Waals surface area contributed by atoms with Crippen molar-refractivity contribution in [1.29, 1.82) is 0 Å². The van der Waals surface area contributed by atoms with E-state index in [9.17, 15) is 4.39 Å². The van der Waals surface area contributed by atoms with Gasteiger partial charge in [-0.2, -0.15) is 0 Å². The van der Waals surface area contributed by atoms with E-state index in [4.69, 9.17) is 0 Å². The van der Waals surface area contributed by atoms with Gasteiger partial charge in [0.1, 0.15) is 5.82 Å². The maximum atomic E-state index is 13.0. The SMILES string of the molecule is CC(C)=C/C(C)=C\N=C(C)c1cccc(F)c1. The maximum absolute atomic E-state index is 13.0. The molecule has 0 bridgehead atoms. The predicted molar refractivity (Wildman–Crippen MR) is 71.8 cm³/mol. The van der Waals surface area contributed by atoms with E-state index in [1.165, 1.54) is 17.7 Å². The van der Waals surface area contributed by atoms with Crippen molar-refractivity contribution < 1.29 is 4.39 Å². The average Bonchev–Trinajstić information content (AvgIpc) is 2.25. The zero-order valence-corrected chi connectivity index (χ0v) is 10.8. The molecule has 0 aliphatic carbocycles. The van der Waals surface area contributed by atoms with Crippen LogP contribution in [-0.2, 0) is 0 Å². The van der Waals surface area contributed by atoms with E-state index in [-0.39, 0.29) is 5.82 Å².